The van der Waals surface area contributed by atoms with E-state index in [9.17, 15) is 14.0 Å². The molecule has 6 nitrogen and oxygen atoms in total. The van der Waals surface area contributed by atoms with Crippen molar-refractivity contribution in [2.75, 3.05) is 26.3 Å². The normalized spacial score (nSPS) is 24.0. The van der Waals surface area contributed by atoms with Crippen LogP contribution in [-0.2, 0) is 25.5 Å². The van der Waals surface area contributed by atoms with Crippen LogP contribution in [0.15, 0.2) is 48.5 Å². The van der Waals surface area contributed by atoms with Crippen LogP contribution in [0.4, 0.5) is 4.39 Å². The average molecular weight is 412 g/mol. The SMILES string of the molecule is NC(=O)[C@@]1(Cc2ccc(-c3ccc(F)cc3)cc2)CN(C(=O)[C@@H]2CCCO2)CCO1. The monoisotopic (exact) mass is 412 g/mol. The van der Waals surface area contributed by atoms with E-state index in [0.717, 1.165) is 23.1 Å². The highest BCUT2D eigenvalue weighted by atomic mass is 19.1. The minimum Gasteiger partial charge on any atom is -0.368 e. The van der Waals surface area contributed by atoms with Crippen molar-refractivity contribution in [1.29, 1.82) is 0 Å². The molecule has 2 aromatic rings. The Kier molecular flexibility index (Phi) is 5.83. The lowest BCUT2D eigenvalue weighted by Crippen LogP contribution is -2.62. The quantitative estimate of drug-likeness (QED) is 0.817. The number of carbonyl (C=O) groups excluding carboxylic acids is 2. The van der Waals surface area contributed by atoms with Crippen LogP contribution < -0.4 is 5.73 Å². The van der Waals surface area contributed by atoms with Crippen molar-refractivity contribution in [3.63, 3.8) is 0 Å². The number of hydrogen-bond donors (Lipinski definition) is 1. The lowest BCUT2D eigenvalue weighted by atomic mass is 9.90. The highest BCUT2D eigenvalue weighted by molar-refractivity contribution is 5.87. The summed E-state index contributed by atoms with van der Waals surface area (Å²) in [6, 6.07) is 13.9. The van der Waals surface area contributed by atoms with E-state index in [4.69, 9.17) is 15.2 Å². The predicted molar refractivity (Wildman–Crippen MR) is 109 cm³/mol. The molecule has 2 heterocycles. The Morgan fingerprint density at radius 2 is 1.73 bits per heavy atom. The summed E-state index contributed by atoms with van der Waals surface area (Å²) in [5, 5.41) is 0. The molecule has 0 radical (unpaired) electrons. The van der Waals surface area contributed by atoms with Crippen LogP contribution in [-0.4, -0.2) is 54.7 Å². The second kappa shape index (κ2) is 8.53. The van der Waals surface area contributed by atoms with E-state index < -0.39 is 17.6 Å². The van der Waals surface area contributed by atoms with E-state index in [0.29, 0.717) is 19.6 Å². The zero-order valence-electron chi connectivity index (χ0n) is 16.7. The zero-order chi connectivity index (χ0) is 21.1. The number of rotatable bonds is 5. The van der Waals surface area contributed by atoms with Crippen LogP contribution in [0.3, 0.4) is 0 Å². The van der Waals surface area contributed by atoms with E-state index in [2.05, 4.69) is 0 Å². The fraction of sp³-hybridized carbons (Fsp3) is 0.391. The Morgan fingerprint density at radius 1 is 1.07 bits per heavy atom. The van der Waals surface area contributed by atoms with Gasteiger partial charge in [0.05, 0.1) is 13.2 Å². The highest BCUT2D eigenvalue weighted by Crippen LogP contribution is 2.27. The van der Waals surface area contributed by atoms with Crippen LogP contribution in [0.2, 0.25) is 0 Å². The minimum absolute atomic E-state index is 0.104. The molecule has 2 aliphatic rings. The summed E-state index contributed by atoms with van der Waals surface area (Å²) in [6.07, 6.45) is 1.39. The molecule has 158 valence electrons. The Morgan fingerprint density at radius 3 is 2.33 bits per heavy atom. The van der Waals surface area contributed by atoms with Gasteiger partial charge in [0, 0.05) is 19.6 Å². The first-order chi connectivity index (χ1) is 14.5. The van der Waals surface area contributed by atoms with Gasteiger partial charge in [0.2, 0.25) is 0 Å². The maximum atomic E-state index is 13.1. The van der Waals surface area contributed by atoms with E-state index in [1.54, 1.807) is 17.0 Å². The van der Waals surface area contributed by atoms with Gasteiger partial charge in [0.25, 0.3) is 11.8 Å². The van der Waals surface area contributed by atoms with Gasteiger partial charge in [0.15, 0.2) is 5.60 Å². The van der Waals surface area contributed by atoms with Crippen LogP contribution in [0.25, 0.3) is 11.1 Å². The molecule has 2 N–H and O–H groups in total. The first-order valence-corrected chi connectivity index (χ1v) is 10.2. The molecule has 7 heteroatoms. The van der Waals surface area contributed by atoms with Gasteiger partial charge in [-0.25, -0.2) is 4.39 Å². The van der Waals surface area contributed by atoms with Crippen LogP contribution in [0.5, 0.6) is 0 Å². The van der Waals surface area contributed by atoms with Crippen molar-refractivity contribution in [2.45, 2.75) is 31.0 Å². The number of hydrogen-bond acceptors (Lipinski definition) is 4. The summed E-state index contributed by atoms with van der Waals surface area (Å²) in [5.41, 5.74) is 7.16. The first kappa shape index (κ1) is 20.5. The molecule has 2 saturated heterocycles. The van der Waals surface area contributed by atoms with E-state index in [1.165, 1.54) is 12.1 Å². The van der Waals surface area contributed by atoms with Gasteiger partial charge in [-0.3, -0.25) is 9.59 Å². The number of morpholine rings is 1. The van der Waals surface area contributed by atoms with Gasteiger partial charge in [-0.2, -0.15) is 0 Å². The van der Waals surface area contributed by atoms with Gasteiger partial charge in [-0.15, -0.1) is 0 Å². The Bertz CT molecular complexity index is 910. The number of benzene rings is 2. The predicted octanol–water partition coefficient (Wildman–Crippen LogP) is 2.30. The van der Waals surface area contributed by atoms with E-state index >= 15 is 0 Å². The molecule has 0 aromatic heterocycles. The Labute approximate surface area is 174 Å². The summed E-state index contributed by atoms with van der Waals surface area (Å²) < 4.78 is 24.5. The molecule has 2 atom stereocenters. The number of halogens is 1. The first-order valence-electron chi connectivity index (χ1n) is 10.2. The third kappa shape index (κ3) is 4.22. The van der Waals surface area contributed by atoms with Gasteiger partial charge in [0.1, 0.15) is 11.9 Å². The topological polar surface area (TPSA) is 81.9 Å². The van der Waals surface area contributed by atoms with Crippen LogP contribution in [0, 0.1) is 5.82 Å². The molecule has 2 aliphatic heterocycles. The molecular formula is C23H25FN2O4. The number of ether oxygens (including phenoxy) is 2. The minimum atomic E-state index is -1.27. The molecule has 0 saturated carbocycles. The number of amides is 2. The van der Waals surface area contributed by atoms with E-state index in [1.807, 2.05) is 24.3 Å². The molecule has 2 amide bonds. The summed E-state index contributed by atoms with van der Waals surface area (Å²) in [7, 11) is 0. The zero-order valence-corrected chi connectivity index (χ0v) is 16.7. The molecule has 0 bridgehead atoms. The van der Waals surface area contributed by atoms with E-state index in [-0.39, 0.29) is 31.3 Å². The lowest BCUT2D eigenvalue weighted by Gasteiger charge is -2.41. The van der Waals surface area contributed by atoms with Crippen molar-refractivity contribution in [3.8, 4) is 11.1 Å². The fourth-order valence-corrected chi connectivity index (χ4v) is 4.08. The molecule has 2 aromatic carbocycles. The second-order valence-electron chi connectivity index (χ2n) is 7.85. The second-order valence-corrected chi connectivity index (χ2v) is 7.85. The maximum absolute atomic E-state index is 13.1. The molecule has 0 aliphatic carbocycles. The van der Waals surface area contributed by atoms with Crippen molar-refractivity contribution < 1.29 is 23.5 Å². The number of primary amides is 1. The van der Waals surface area contributed by atoms with Crippen molar-refractivity contribution >= 4 is 11.8 Å². The smallest absolute Gasteiger partial charge is 0.251 e. The number of nitrogens with two attached hydrogens (primary N) is 1. The summed E-state index contributed by atoms with van der Waals surface area (Å²) in [6.45, 7) is 1.36. The molecular weight excluding hydrogens is 387 g/mol. The van der Waals surface area contributed by atoms with Crippen molar-refractivity contribution in [2.24, 2.45) is 5.73 Å². The van der Waals surface area contributed by atoms with Gasteiger partial charge in [-0.1, -0.05) is 36.4 Å². The average Bonchev–Trinajstić information content (AvgIpc) is 3.29. The van der Waals surface area contributed by atoms with Crippen molar-refractivity contribution in [1.82, 2.24) is 4.90 Å². The summed E-state index contributed by atoms with van der Waals surface area (Å²) in [4.78, 5) is 26.8. The molecule has 4 rings (SSSR count). The van der Waals surface area contributed by atoms with Gasteiger partial charge < -0.3 is 20.1 Å². The fourth-order valence-electron chi connectivity index (χ4n) is 4.08. The summed E-state index contributed by atoms with van der Waals surface area (Å²) >= 11 is 0. The number of nitrogens with zero attached hydrogens (tertiary/aromatic N) is 1. The third-order valence-electron chi connectivity index (χ3n) is 5.77. The standard InChI is InChI=1S/C23H25FN2O4/c24-19-9-7-18(8-10-19)17-5-3-16(4-6-17)14-23(22(25)28)15-26(11-13-30-23)21(27)20-2-1-12-29-20/h3-10,20H,1-2,11-15H2,(H2,25,28)/t20-,23+/m0/s1. The Hall–Kier alpha value is -2.77. The molecule has 2 fully saturated rings. The Balaban J connectivity index is 1.50. The van der Waals surface area contributed by atoms with Gasteiger partial charge >= 0.3 is 0 Å². The number of carbonyl (C=O) groups is 2. The maximum Gasteiger partial charge on any atom is 0.251 e. The van der Waals surface area contributed by atoms with Crippen LogP contribution >= 0.6 is 0 Å². The largest absolute Gasteiger partial charge is 0.368 e. The lowest BCUT2D eigenvalue weighted by molar-refractivity contribution is -0.167. The highest BCUT2D eigenvalue weighted by Gasteiger charge is 2.45. The molecule has 0 spiro atoms. The van der Waals surface area contributed by atoms with Gasteiger partial charge in [-0.05, 0) is 41.7 Å². The molecule has 30 heavy (non-hydrogen) atoms. The van der Waals surface area contributed by atoms with Crippen LogP contribution in [0.1, 0.15) is 18.4 Å². The molecule has 0 unspecified atom stereocenters. The summed E-state index contributed by atoms with van der Waals surface area (Å²) in [5.74, 6) is -0.974. The van der Waals surface area contributed by atoms with Crippen molar-refractivity contribution in [3.05, 3.63) is 59.9 Å². The third-order valence-corrected chi connectivity index (χ3v) is 5.77.